The molecule has 768 valence electrons. The number of nitrogens with one attached hydrogen (secondary N) is 2. The SMILES string of the molecule is CC(C)[C@@H](C(=O)O)N(C)Cc1ccc(OC(=O)OC(C)(C)C)cc1.CC[C@H](C)C([C@@H](CC(=O)N1CCC[C@H]1C(OC)[C@@H](C)C(=O)N[C@@H](Cc1ccccc1)C(=O)OC)OC)N(C)C(=O)[C@@H](N)C(C)C.CC[C@H](C)[C@@H]([C@@H](CC(=O)N1CCC[C@H]1[C@H](OC)[C@@H](C)C(=O)N[C@@H](Cc1ccccc1)C(=O)OC)OC)N(C)C(=O)[C@@H](CC(=O)[C@H](C(C)C)N(C)Cc1ccc(OC(=O)OC(C)(C)C)cc1)C(C)C. The minimum atomic E-state index is -0.909. The van der Waals surface area contributed by atoms with Crippen molar-refractivity contribution in [1.29, 1.82) is 0 Å². The number of rotatable bonds is 48. The molecular weight excluding hydrogens is 1760 g/mol. The minimum Gasteiger partial charge on any atom is -0.480 e. The summed E-state index contributed by atoms with van der Waals surface area (Å²) < 4.78 is 54.6. The number of likely N-dealkylation sites (tertiary alicyclic amines) is 2. The van der Waals surface area contributed by atoms with Gasteiger partial charge in [0.2, 0.25) is 35.4 Å². The van der Waals surface area contributed by atoms with E-state index >= 15 is 0 Å². The molecule has 0 saturated carbocycles. The van der Waals surface area contributed by atoms with Crippen molar-refractivity contribution in [3.63, 3.8) is 0 Å². The van der Waals surface area contributed by atoms with E-state index < -0.39 is 132 Å². The van der Waals surface area contributed by atoms with E-state index in [-0.39, 0.29) is 115 Å². The number of carboxylic acids is 1. The van der Waals surface area contributed by atoms with Crippen LogP contribution < -0.4 is 25.8 Å². The number of esters is 2. The molecule has 0 aliphatic carbocycles. The average Bonchev–Trinajstić information content (AvgIpc) is 1.76. The molecule has 0 spiro atoms. The molecule has 0 aromatic heterocycles. The molecule has 0 radical (unpaired) electrons. The standard InChI is InChI=1S/C53H82N4O11.C34H56N4O7.C18H27NO5/c1-16-35(6)47(44(64-13)31-45(59)57-28-20-23-42(57)48(65-14)36(7)49(60)54-41(51(62)66-15)29-37-21-18-17-19-22-37)56(12)50(61)40(33(2)3)30-43(58)46(34(4)5)55(11)32-38-24-26-39(27-25-38)67-52(63)68-53(8,9)10;1-10-22(4)30(37(6)33(41)29(35)21(2)3)27(43-7)20-28(39)38-18-14-17-26(38)31(44-8)23(5)32(40)36-25(34(42)45-9)19-24-15-12-11-13-16-24;1-12(2)15(16(20)21)19(6)11-13-7-9-14(10-8-13)23-17(22)24-18(3,4)5/h17-19,21-22,24-27,33-36,40-42,44,46-48H,16,20,23,28-32H2,1-15H3,(H,54,60);11-13,15-16,21-23,25-27,29-31H,10,14,17-20,35H2,1-9H3,(H,36,40);7-10,12,15H,11H2,1-6H3,(H,20,21)/t35-,36+,40-,41-,42-,44+,46-,47-,48+;22-,23+,25-,26-,27+,29-,30?,31?;15-/m000/s1. The smallest absolute Gasteiger partial charge is 0.480 e. The third kappa shape index (κ3) is 37.3. The molecule has 137 heavy (non-hydrogen) atoms. The van der Waals surface area contributed by atoms with E-state index in [4.69, 9.17) is 53.1 Å². The maximum absolute atomic E-state index is 14.7. The quantitative estimate of drug-likeness (QED) is 0.0181. The number of benzene rings is 4. The normalized spacial score (nSPS) is 17.5. The van der Waals surface area contributed by atoms with Gasteiger partial charge in [0.1, 0.15) is 40.8 Å². The summed E-state index contributed by atoms with van der Waals surface area (Å²) in [6.07, 6.45) is 0.824. The molecular formula is C105H165N9O23. The maximum atomic E-state index is 14.7. The average molecular weight is 1920 g/mol. The van der Waals surface area contributed by atoms with Crippen LogP contribution in [-0.4, -0.2) is 280 Å². The fraction of sp³-hybridized carbons (Fsp3) is 0.657. The van der Waals surface area contributed by atoms with E-state index in [0.717, 1.165) is 35.1 Å². The Morgan fingerprint density at radius 3 is 1.10 bits per heavy atom. The molecule has 0 bridgehead atoms. The summed E-state index contributed by atoms with van der Waals surface area (Å²) in [5.74, 6) is -4.94. The summed E-state index contributed by atoms with van der Waals surface area (Å²) in [4.78, 5) is 169. The van der Waals surface area contributed by atoms with Crippen molar-refractivity contribution in [1.82, 2.24) is 40.0 Å². The highest BCUT2D eigenvalue weighted by atomic mass is 16.7. The third-order valence-corrected chi connectivity index (χ3v) is 25.9. The van der Waals surface area contributed by atoms with Gasteiger partial charge in [0.15, 0.2) is 5.78 Å². The van der Waals surface area contributed by atoms with Crippen LogP contribution >= 0.6 is 0 Å². The van der Waals surface area contributed by atoms with Gasteiger partial charge in [-0.2, -0.15) is 0 Å². The van der Waals surface area contributed by atoms with Crippen LogP contribution in [0, 0.1) is 53.3 Å². The van der Waals surface area contributed by atoms with Gasteiger partial charge in [0, 0.05) is 93.9 Å². The van der Waals surface area contributed by atoms with Crippen molar-refractivity contribution >= 4 is 71.4 Å². The van der Waals surface area contributed by atoms with E-state index in [2.05, 4.69) is 10.6 Å². The van der Waals surface area contributed by atoms with Crippen molar-refractivity contribution in [3.05, 3.63) is 131 Å². The van der Waals surface area contributed by atoms with Crippen LogP contribution in [0.25, 0.3) is 0 Å². The first-order valence-corrected chi connectivity index (χ1v) is 48.3. The molecule has 2 aliphatic rings. The van der Waals surface area contributed by atoms with Crippen LogP contribution in [-0.2, 0) is 112 Å². The van der Waals surface area contributed by atoms with Gasteiger partial charge >= 0.3 is 30.2 Å². The molecule has 6 rings (SSSR count). The number of amides is 6. The molecule has 2 heterocycles. The molecule has 2 aliphatic heterocycles. The highest BCUT2D eigenvalue weighted by Gasteiger charge is 2.47. The van der Waals surface area contributed by atoms with Gasteiger partial charge in [0.05, 0.1) is 99.6 Å². The Hall–Kier alpha value is -9.96. The fourth-order valence-corrected chi connectivity index (χ4v) is 18.3. The second kappa shape index (κ2) is 57.6. The number of carboxylic acid groups (broad SMARTS) is 1. The van der Waals surface area contributed by atoms with Gasteiger partial charge in [0.25, 0.3) is 0 Å². The van der Waals surface area contributed by atoms with Gasteiger partial charge in [-0.15, -0.1) is 0 Å². The topological polar surface area (TPSA) is 387 Å². The summed E-state index contributed by atoms with van der Waals surface area (Å²) in [6, 6.07) is 27.7. The van der Waals surface area contributed by atoms with Crippen molar-refractivity contribution < 1.29 is 110 Å². The molecule has 2 fully saturated rings. The number of carbonyl (C=O) groups is 12. The van der Waals surface area contributed by atoms with Crippen LogP contribution in [0.5, 0.6) is 11.5 Å². The van der Waals surface area contributed by atoms with Gasteiger partial charge in [-0.05, 0) is 163 Å². The lowest BCUT2D eigenvalue weighted by molar-refractivity contribution is -0.150. The van der Waals surface area contributed by atoms with Gasteiger partial charge in [-0.1, -0.05) is 195 Å². The molecule has 32 nitrogen and oxygen atoms in total. The molecule has 4 aromatic rings. The van der Waals surface area contributed by atoms with Crippen LogP contribution in [0.4, 0.5) is 9.59 Å². The summed E-state index contributed by atoms with van der Waals surface area (Å²) in [6.45, 7) is 39.6. The van der Waals surface area contributed by atoms with Crippen molar-refractivity contribution in [2.24, 2.45) is 59.0 Å². The Morgan fingerprint density at radius 2 is 0.803 bits per heavy atom. The molecule has 5 N–H and O–H groups in total. The van der Waals surface area contributed by atoms with Crippen LogP contribution in [0.3, 0.4) is 0 Å². The lowest BCUT2D eigenvalue weighted by Gasteiger charge is -2.41. The van der Waals surface area contributed by atoms with Crippen molar-refractivity contribution in [3.8, 4) is 11.5 Å². The largest absolute Gasteiger partial charge is 0.514 e. The number of nitrogens with zero attached hydrogens (tertiary/aromatic N) is 6. The first-order valence-electron chi connectivity index (χ1n) is 48.3. The monoisotopic (exact) mass is 1920 g/mol. The lowest BCUT2D eigenvalue weighted by Crippen LogP contribution is -2.56. The first kappa shape index (κ1) is 119. The molecule has 2 saturated heterocycles. The number of likely N-dealkylation sites (N-methyl/N-ethyl adjacent to an activating group) is 4. The predicted octanol–water partition coefficient (Wildman–Crippen LogP) is 13.8. The summed E-state index contributed by atoms with van der Waals surface area (Å²) in [5.41, 5.74) is 8.52. The molecule has 32 heteroatoms. The Balaban J connectivity index is 0.000000484. The minimum absolute atomic E-state index is 0.00211. The highest BCUT2D eigenvalue weighted by Crippen LogP contribution is 2.35. The van der Waals surface area contributed by atoms with Crippen LogP contribution in [0.1, 0.15) is 219 Å². The van der Waals surface area contributed by atoms with E-state index in [1.165, 1.54) is 28.4 Å². The zero-order valence-electron chi connectivity index (χ0n) is 87.4. The number of methoxy groups -OCH3 is 6. The third-order valence-electron chi connectivity index (χ3n) is 25.9. The Labute approximate surface area is 815 Å². The van der Waals surface area contributed by atoms with Gasteiger partial charge in [-0.3, -0.25) is 48.2 Å². The maximum Gasteiger partial charge on any atom is 0.514 e. The summed E-state index contributed by atoms with van der Waals surface area (Å²) in [5, 5.41) is 15.0. The number of carbonyl (C=O) groups excluding carboxylic acids is 11. The molecule has 2 unspecified atom stereocenters. The number of Topliss-reactive ketones (excluding diaryl/α,β-unsaturated/α-hetero) is 1. The zero-order chi connectivity index (χ0) is 103. The van der Waals surface area contributed by atoms with Gasteiger partial charge in [-0.25, -0.2) is 19.2 Å². The summed E-state index contributed by atoms with van der Waals surface area (Å²) >= 11 is 0. The van der Waals surface area contributed by atoms with E-state index in [9.17, 15) is 62.6 Å². The van der Waals surface area contributed by atoms with Gasteiger partial charge < -0.3 is 88.4 Å². The second-order valence-electron chi connectivity index (χ2n) is 40.0. The Morgan fingerprint density at radius 1 is 0.453 bits per heavy atom. The number of ether oxygens (including phenoxy) is 10. The Kier molecular flexibility index (Phi) is 50.1. The number of ketones is 1. The number of aliphatic carboxylic acids is 1. The Bertz CT molecular complexity index is 4410. The first-order chi connectivity index (χ1) is 64.3. The second-order valence-corrected chi connectivity index (χ2v) is 40.0. The van der Waals surface area contributed by atoms with Crippen LogP contribution in [0.15, 0.2) is 109 Å². The number of hydrogen-bond donors (Lipinski definition) is 4. The molecule has 18 atom stereocenters. The number of hydrogen-bond acceptors (Lipinski definition) is 25. The highest BCUT2D eigenvalue weighted by molar-refractivity contribution is 5.91. The predicted molar refractivity (Wildman–Crippen MR) is 526 cm³/mol. The summed E-state index contributed by atoms with van der Waals surface area (Å²) in [7, 11) is 15.9. The molecule has 6 amide bonds. The van der Waals surface area contributed by atoms with Crippen LogP contribution in [0.2, 0.25) is 0 Å². The zero-order valence-corrected chi connectivity index (χ0v) is 87.4. The van der Waals surface area contributed by atoms with Crippen molar-refractivity contribution in [2.45, 2.75) is 312 Å². The van der Waals surface area contributed by atoms with Crippen molar-refractivity contribution in [2.75, 3.05) is 83.9 Å². The number of nitrogens with two attached hydrogens (primary N) is 1. The molecule has 4 aromatic carbocycles. The fourth-order valence-electron chi connectivity index (χ4n) is 18.3. The van der Waals surface area contributed by atoms with E-state index in [1.807, 2.05) is 168 Å². The van der Waals surface area contributed by atoms with E-state index in [0.29, 0.717) is 63.4 Å². The van der Waals surface area contributed by atoms with E-state index in [1.54, 1.807) is 152 Å². The lowest BCUT2D eigenvalue weighted by atomic mass is 9.83.